The van der Waals surface area contributed by atoms with Crippen molar-refractivity contribution in [2.75, 3.05) is 31.6 Å². The minimum absolute atomic E-state index is 0.0613. The Morgan fingerprint density at radius 2 is 2.11 bits per heavy atom. The molecule has 1 heterocycles. The molecule has 28 heavy (non-hydrogen) atoms. The number of carbonyl (C=O) groups is 1. The number of halogens is 1. The lowest BCUT2D eigenvalue weighted by atomic mass is 10.1. The van der Waals surface area contributed by atoms with Crippen molar-refractivity contribution < 1.29 is 9.53 Å². The molecular formula is C22H28ClN3O2. The third-order valence-electron chi connectivity index (χ3n) is 5.09. The van der Waals surface area contributed by atoms with Crippen molar-refractivity contribution in [3.05, 3.63) is 64.7 Å². The van der Waals surface area contributed by atoms with E-state index in [1.165, 1.54) is 0 Å². The average molecular weight is 402 g/mol. The van der Waals surface area contributed by atoms with Gasteiger partial charge in [-0.15, -0.1) is 0 Å². The zero-order valence-corrected chi connectivity index (χ0v) is 17.0. The Morgan fingerprint density at radius 1 is 1.32 bits per heavy atom. The third-order valence-corrected chi connectivity index (χ3v) is 5.41. The van der Waals surface area contributed by atoms with E-state index in [9.17, 15) is 4.79 Å². The highest BCUT2D eigenvalue weighted by atomic mass is 35.5. The summed E-state index contributed by atoms with van der Waals surface area (Å²) in [6.07, 6.45) is 1.74. The maximum Gasteiger partial charge on any atom is 0.255 e. The Hall–Kier alpha value is -2.08. The summed E-state index contributed by atoms with van der Waals surface area (Å²) in [5, 5.41) is 3.77. The summed E-state index contributed by atoms with van der Waals surface area (Å²) in [7, 11) is 0. The van der Waals surface area contributed by atoms with Crippen molar-refractivity contribution in [2.45, 2.75) is 31.9 Å². The fourth-order valence-corrected chi connectivity index (χ4v) is 3.54. The average Bonchev–Trinajstić information content (AvgIpc) is 2.74. The van der Waals surface area contributed by atoms with E-state index >= 15 is 0 Å². The first-order valence-electron chi connectivity index (χ1n) is 9.83. The first-order valence-corrected chi connectivity index (χ1v) is 10.2. The van der Waals surface area contributed by atoms with Gasteiger partial charge in [-0.3, -0.25) is 4.79 Å². The van der Waals surface area contributed by atoms with Crippen molar-refractivity contribution in [3.8, 4) is 0 Å². The number of rotatable bonds is 7. The molecule has 2 aromatic carbocycles. The molecule has 0 spiro atoms. The minimum atomic E-state index is -0.110. The van der Waals surface area contributed by atoms with E-state index in [-0.39, 0.29) is 18.1 Å². The summed E-state index contributed by atoms with van der Waals surface area (Å²) in [5.74, 6) is -0.0613. The second-order valence-corrected chi connectivity index (χ2v) is 7.51. The summed E-state index contributed by atoms with van der Waals surface area (Å²) in [5.41, 5.74) is 8.44. The third kappa shape index (κ3) is 5.25. The predicted octanol–water partition coefficient (Wildman–Crippen LogP) is 4.09. The minimum Gasteiger partial charge on any atom is -0.385 e. The summed E-state index contributed by atoms with van der Waals surface area (Å²) in [6.45, 7) is 4.46. The van der Waals surface area contributed by atoms with E-state index in [1.807, 2.05) is 41.3 Å². The molecule has 5 nitrogen and oxygen atoms in total. The van der Waals surface area contributed by atoms with E-state index in [2.05, 4.69) is 12.2 Å². The SMILES string of the molecule is CCC(N)CCNc1ccc(C(=O)N2CCOC(c3ccccc3)C2)c(Cl)c1. The number of amides is 1. The van der Waals surface area contributed by atoms with Crippen LogP contribution < -0.4 is 11.1 Å². The summed E-state index contributed by atoms with van der Waals surface area (Å²) < 4.78 is 5.86. The molecule has 6 heteroatoms. The van der Waals surface area contributed by atoms with Crippen LogP contribution in [0.1, 0.15) is 41.8 Å². The van der Waals surface area contributed by atoms with Crippen LogP contribution in [0.25, 0.3) is 0 Å². The molecule has 1 amide bonds. The van der Waals surface area contributed by atoms with Crippen LogP contribution in [0.4, 0.5) is 5.69 Å². The molecule has 0 bridgehead atoms. The first-order chi connectivity index (χ1) is 13.6. The fourth-order valence-electron chi connectivity index (χ4n) is 3.28. The predicted molar refractivity (Wildman–Crippen MR) is 114 cm³/mol. The number of hydrogen-bond donors (Lipinski definition) is 2. The largest absolute Gasteiger partial charge is 0.385 e. The number of nitrogens with two attached hydrogens (primary N) is 1. The summed E-state index contributed by atoms with van der Waals surface area (Å²) >= 11 is 6.42. The molecule has 0 aliphatic carbocycles. The molecule has 1 aliphatic rings. The van der Waals surface area contributed by atoms with E-state index in [4.69, 9.17) is 22.1 Å². The molecule has 0 radical (unpaired) electrons. The molecule has 1 fully saturated rings. The molecule has 2 aromatic rings. The van der Waals surface area contributed by atoms with Gasteiger partial charge in [0, 0.05) is 24.8 Å². The highest BCUT2D eigenvalue weighted by molar-refractivity contribution is 6.34. The maximum atomic E-state index is 13.0. The molecule has 1 saturated heterocycles. The second-order valence-electron chi connectivity index (χ2n) is 7.10. The molecule has 3 rings (SSSR count). The fraction of sp³-hybridized carbons (Fsp3) is 0.409. The normalized spacial score (nSPS) is 18.0. The highest BCUT2D eigenvalue weighted by Gasteiger charge is 2.27. The van der Waals surface area contributed by atoms with Crippen molar-refractivity contribution in [2.24, 2.45) is 5.73 Å². The Kier molecular flexibility index (Phi) is 7.31. The van der Waals surface area contributed by atoms with Crippen LogP contribution in [-0.4, -0.2) is 43.1 Å². The number of hydrogen-bond acceptors (Lipinski definition) is 4. The van der Waals surface area contributed by atoms with Gasteiger partial charge < -0.3 is 20.7 Å². The zero-order valence-electron chi connectivity index (χ0n) is 16.2. The van der Waals surface area contributed by atoms with E-state index < -0.39 is 0 Å². The van der Waals surface area contributed by atoms with Gasteiger partial charge in [-0.25, -0.2) is 0 Å². The molecule has 3 N–H and O–H groups in total. The van der Waals surface area contributed by atoms with Crippen molar-refractivity contribution in [1.82, 2.24) is 4.90 Å². The molecule has 2 atom stereocenters. The van der Waals surface area contributed by atoms with Gasteiger partial charge in [0.2, 0.25) is 0 Å². The number of benzene rings is 2. The molecule has 150 valence electrons. The van der Waals surface area contributed by atoms with E-state index in [0.717, 1.165) is 30.6 Å². The quantitative estimate of drug-likeness (QED) is 0.733. The number of anilines is 1. The number of ether oxygens (including phenoxy) is 1. The molecule has 2 unspecified atom stereocenters. The lowest BCUT2D eigenvalue weighted by molar-refractivity contribution is -0.0228. The molecular weight excluding hydrogens is 374 g/mol. The Morgan fingerprint density at radius 3 is 2.82 bits per heavy atom. The number of nitrogens with one attached hydrogen (secondary N) is 1. The van der Waals surface area contributed by atoms with Gasteiger partial charge in [0.15, 0.2) is 0 Å². The van der Waals surface area contributed by atoms with Crippen LogP contribution in [0.3, 0.4) is 0 Å². The van der Waals surface area contributed by atoms with E-state index in [1.54, 1.807) is 12.1 Å². The van der Waals surface area contributed by atoms with E-state index in [0.29, 0.717) is 30.3 Å². The van der Waals surface area contributed by atoms with Crippen LogP contribution in [0.5, 0.6) is 0 Å². The number of morpholine rings is 1. The van der Waals surface area contributed by atoms with Crippen LogP contribution >= 0.6 is 11.6 Å². The lowest BCUT2D eigenvalue weighted by Crippen LogP contribution is -2.42. The molecule has 1 aliphatic heterocycles. The molecule has 0 saturated carbocycles. The van der Waals surface area contributed by atoms with Crippen LogP contribution in [-0.2, 0) is 4.74 Å². The topological polar surface area (TPSA) is 67.6 Å². The first kappa shape index (κ1) is 20.6. The van der Waals surface area contributed by atoms with Crippen LogP contribution in [0, 0.1) is 0 Å². The van der Waals surface area contributed by atoms with Crippen molar-refractivity contribution in [1.29, 1.82) is 0 Å². The summed E-state index contributed by atoms with van der Waals surface area (Å²) in [4.78, 5) is 14.8. The second kappa shape index (κ2) is 9.92. The van der Waals surface area contributed by atoms with Crippen LogP contribution in [0.15, 0.2) is 48.5 Å². The van der Waals surface area contributed by atoms with Gasteiger partial charge in [-0.05, 0) is 36.6 Å². The van der Waals surface area contributed by atoms with Gasteiger partial charge in [-0.2, -0.15) is 0 Å². The highest BCUT2D eigenvalue weighted by Crippen LogP contribution is 2.26. The van der Waals surface area contributed by atoms with Crippen molar-refractivity contribution in [3.63, 3.8) is 0 Å². The lowest BCUT2D eigenvalue weighted by Gasteiger charge is -2.33. The Balaban J connectivity index is 1.63. The Bertz CT molecular complexity index is 785. The van der Waals surface area contributed by atoms with Gasteiger partial charge >= 0.3 is 0 Å². The summed E-state index contributed by atoms with van der Waals surface area (Å²) in [6, 6.07) is 15.7. The van der Waals surface area contributed by atoms with Gasteiger partial charge in [0.1, 0.15) is 6.10 Å². The number of carbonyl (C=O) groups excluding carboxylic acids is 1. The monoisotopic (exact) mass is 401 g/mol. The number of nitrogens with zero attached hydrogens (tertiary/aromatic N) is 1. The van der Waals surface area contributed by atoms with Crippen LogP contribution in [0.2, 0.25) is 5.02 Å². The van der Waals surface area contributed by atoms with Gasteiger partial charge in [0.25, 0.3) is 5.91 Å². The maximum absolute atomic E-state index is 13.0. The van der Waals surface area contributed by atoms with Gasteiger partial charge in [-0.1, -0.05) is 48.9 Å². The van der Waals surface area contributed by atoms with Crippen molar-refractivity contribution >= 4 is 23.2 Å². The smallest absolute Gasteiger partial charge is 0.255 e. The standard InChI is InChI=1S/C22H28ClN3O2/c1-2-17(24)10-11-25-18-8-9-19(20(23)14-18)22(27)26-12-13-28-21(15-26)16-6-4-3-5-7-16/h3-9,14,17,21,25H,2,10-13,15,24H2,1H3. The Labute approximate surface area is 171 Å². The zero-order chi connectivity index (χ0) is 19.9. The molecule has 0 aromatic heterocycles. The van der Waals surface area contributed by atoms with Gasteiger partial charge in [0.05, 0.1) is 23.7 Å².